The quantitative estimate of drug-likeness (QED) is 0.888. The van der Waals surface area contributed by atoms with Crippen LogP contribution in [0.4, 0.5) is 0 Å². The molecule has 5 heteroatoms. The first-order valence-corrected chi connectivity index (χ1v) is 8.05. The highest BCUT2D eigenvalue weighted by atomic mass is 15.3. The van der Waals surface area contributed by atoms with Crippen LogP contribution in [0.5, 0.6) is 0 Å². The Labute approximate surface area is 126 Å². The van der Waals surface area contributed by atoms with Gasteiger partial charge < -0.3 is 0 Å². The van der Waals surface area contributed by atoms with Crippen molar-refractivity contribution in [3.8, 4) is 0 Å². The number of nitrogens with zero attached hydrogens (tertiary/aromatic N) is 4. The number of rotatable bonds is 6. The van der Waals surface area contributed by atoms with Gasteiger partial charge in [-0.15, -0.1) is 0 Å². The Bertz CT molecular complexity index is 531. The molecule has 0 saturated carbocycles. The van der Waals surface area contributed by atoms with Crippen LogP contribution in [0, 0.1) is 5.92 Å². The number of nitrogens with one attached hydrogen (secondary N) is 1. The summed E-state index contributed by atoms with van der Waals surface area (Å²) in [6, 6.07) is 2.09. The highest BCUT2D eigenvalue weighted by Gasteiger charge is 2.21. The van der Waals surface area contributed by atoms with Gasteiger partial charge in [-0.2, -0.15) is 10.2 Å². The van der Waals surface area contributed by atoms with Crippen LogP contribution in [0.2, 0.25) is 0 Å². The minimum Gasteiger partial charge on any atom is -0.299 e. The Hall–Kier alpha value is -1.62. The van der Waals surface area contributed by atoms with Crippen molar-refractivity contribution in [3.05, 3.63) is 35.9 Å². The third kappa shape index (κ3) is 3.94. The molecule has 114 valence electrons. The molecule has 0 amide bonds. The van der Waals surface area contributed by atoms with Crippen molar-refractivity contribution in [2.75, 3.05) is 13.1 Å². The van der Waals surface area contributed by atoms with Gasteiger partial charge in [0.1, 0.15) is 0 Å². The third-order valence-corrected chi connectivity index (χ3v) is 4.22. The monoisotopic (exact) mass is 287 g/mol. The number of aromatic nitrogens is 4. The molecule has 0 aromatic carbocycles. The topological polar surface area (TPSA) is 49.7 Å². The van der Waals surface area contributed by atoms with E-state index in [1.54, 1.807) is 0 Å². The first-order valence-electron chi connectivity index (χ1n) is 8.05. The number of aromatic amines is 1. The van der Waals surface area contributed by atoms with Crippen LogP contribution in [-0.2, 0) is 19.5 Å². The maximum absolute atomic E-state index is 4.43. The van der Waals surface area contributed by atoms with Crippen LogP contribution in [0.15, 0.2) is 24.7 Å². The lowest BCUT2D eigenvalue weighted by Crippen LogP contribution is -2.35. The van der Waals surface area contributed by atoms with E-state index in [9.17, 15) is 0 Å². The van der Waals surface area contributed by atoms with Gasteiger partial charge in [0.2, 0.25) is 0 Å². The van der Waals surface area contributed by atoms with E-state index in [2.05, 4.69) is 44.1 Å². The van der Waals surface area contributed by atoms with Crippen molar-refractivity contribution in [1.29, 1.82) is 0 Å². The summed E-state index contributed by atoms with van der Waals surface area (Å²) in [6.07, 6.45) is 10.9. The molecule has 3 heterocycles. The van der Waals surface area contributed by atoms with Gasteiger partial charge in [-0.25, -0.2) is 0 Å². The Balaban J connectivity index is 1.53. The zero-order valence-corrected chi connectivity index (χ0v) is 12.8. The van der Waals surface area contributed by atoms with Gasteiger partial charge in [0.25, 0.3) is 0 Å². The molecule has 1 fully saturated rings. The lowest BCUT2D eigenvalue weighted by molar-refractivity contribution is 0.166. The lowest BCUT2D eigenvalue weighted by atomic mass is 9.93. The van der Waals surface area contributed by atoms with E-state index in [-0.39, 0.29) is 0 Å². The molecule has 2 aromatic rings. The van der Waals surface area contributed by atoms with Crippen LogP contribution < -0.4 is 0 Å². The van der Waals surface area contributed by atoms with Crippen LogP contribution in [-0.4, -0.2) is 38.0 Å². The van der Waals surface area contributed by atoms with Crippen molar-refractivity contribution >= 4 is 0 Å². The molecule has 1 N–H and O–H groups in total. The minimum absolute atomic E-state index is 0.741. The molecule has 21 heavy (non-hydrogen) atoms. The zero-order chi connectivity index (χ0) is 14.5. The second-order valence-corrected chi connectivity index (χ2v) is 6.14. The van der Waals surface area contributed by atoms with Crippen LogP contribution in [0.3, 0.4) is 0 Å². The Morgan fingerprint density at radius 2 is 2.38 bits per heavy atom. The average Bonchev–Trinajstić information content (AvgIpc) is 3.12. The molecule has 0 bridgehead atoms. The molecule has 1 aliphatic heterocycles. The molecule has 0 radical (unpaired) electrons. The summed E-state index contributed by atoms with van der Waals surface area (Å²) in [6.45, 7) is 6.62. The van der Waals surface area contributed by atoms with Crippen molar-refractivity contribution in [2.24, 2.45) is 5.92 Å². The van der Waals surface area contributed by atoms with E-state index in [1.807, 2.05) is 12.4 Å². The van der Waals surface area contributed by atoms with E-state index in [4.69, 9.17) is 0 Å². The van der Waals surface area contributed by atoms with E-state index < -0.39 is 0 Å². The highest BCUT2D eigenvalue weighted by molar-refractivity contribution is 5.04. The molecule has 1 aliphatic rings. The Morgan fingerprint density at radius 1 is 1.43 bits per heavy atom. The molecule has 2 aromatic heterocycles. The number of aryl methyl sites for hydroxylation is 1. The normalized spacial score (nSPS) is 20.0. The SMILES string of the molecule is CCCn1cc(CN2CCC[C@@H](Cc3ccn[nH]3)C2)cn1. The van der Waals surface area contributed by atoms with Gasteiger partial charge in [0.05, 0.1) is 6.20 Å². The highest BCUT2D eigenvalue weighted by Crippen LogP contribution is 2.21. The largest absolute Gasteiger partial charge is 0.299 e. The zero-order valence-electron chi connectivity index (χ0n) is 12.8. The van der Waals surface area contributed by atoms with Crippen molar-refractivity contribution in [3.63, 3.8) is 0 Å². The lowest BCUT2D eigenvalue weighted by Gasteiger charge is -2.32. The van der Waals surface area contributed by atoms with Crippen LogP contribution >= 0.6 is 0 Å². The summed E-state index contributed by atoms with van der Waals surface area (Å²) in [5, 5.41) is 11.6. The number of likely N-dealkylation sites (tertiary alicyclic amines) is 1. The first kappa shape index (κ1) is 14.3. The predicted molar refractivity (Wildman–Crippen MR) is 82.8 cm³/mol. The second kappa shape index (κ2) is 6.89. The Kier molecular flexibility index (Phi) is 4.70. The fraction of sp³-hybridized carbons (Fsp3) is 0.625. The fourth-order valence-electron chi connectivity index (χ4n) is 3.27. The maximum atomic E-state index is 4.43. The molecule has 0 unspecified atom stereocenters. The van der Waals surface area contributed by atoms with Crippen molar-refractivity contribution in [2.45, 2.75) is 45.7 Å². The molecule has 3 rings (SSSR count). The van der Waals surface area contributed by atoms with E-state index >= 15 is 0 Å². The van der Waals surface area contributed by atoms with Gasteiger partial charge in [0, 0.05) is 43.3 Å². The van der Waals surface area contributed by atoms with Gasteiger partial charge in [-0.3, -0.25) is 14.7 Å². The first-order chi connectivity index (χ1) is 10.3. The Morgan fingerprint density at radius 3 is 3.19 bits per heavy atom. The fourth-order valence-corrected chi connectivity index (χ4v) is 3.27. The molecular formula is C16H25N5. The molecule has 0 aliphatic carbocycles. The summed E-state index contributed by atoms with van der Waals surface area (Å²) in [5.41, 5.74) is 2.60. The standard InChI is InChI=1S/C16H25N5/c1-2-7-21-13-15(10-18-21)12-20-8-3-4-14(11-20)9-16-5-6-17-19-16/h5-6,10,13-14H,2-4,7-9,11-12H2,1H3,(H,17,19)/t14-/m0/s1. The summed E-state index contributed by atoms with van der Waals surface area (Å²) >= 11 is 0. The number of H-pyrrole nitrogens is 1. The molecule has 0 spiro atoms. The van der Waals surface area contributed by atoms with Gasteiger partial charge in [-0.05, 0) is 44.2 Å². The van der Waals surface area contributed by atoms with E-state index in [0.717, 1.165) is 31.8 Å². The minimum atomic E-state index is 0.741. The van der Waals surface area contributed by atoms with Crippen molar-refractivity contribution in [1.82, 2.24) is 24.9 Å². The number of hydrogen-bond donors (Lipinski definition) is 1. The second-order valence-electron chi connectivity index (χ2n) is 6.14. The van der Waals surface area contributed by atoms with Gasteiger partial charge >= 0.3 is 0 Å². The van der Waals surface area contributed by atoms with Gasteiger partial charge in [-0.1, -0.05) is 6.92 Å². The van der Waals surface area contributed by atoms with Gasteiger partial charge in [0.15, 0.2) is 0 Å². The summed E-state index contributed by atoms with van der Waals surface area (Å²) in [5.74, 6) is 0.741. The van der Waals surface area contributed by atoms with Crippen LogP contribution in [0.25, 0.3) is 0 Å². The van der Waals surface area contributed by atoms with Crippen LogP contribution in [0.1, 0.15) is 37.4 Å². The molecule has 1 saturated heterocycles. The smallest absolute Gasteiger partial charge is 0.0534 e. The predicted octanol–water partition coefficient (Wildman–Crippen LogP) is 2.47. The van der Waals surface area contributed by atoms with E-state index in [0.29, 0.717) is 0 Å². The molecule has 5 nitrogen and oxygen atoms in total. The third-order valence-electron chi connectivity index (χ3n) is 4.22. The number of hydrogen-bond acceptors (Lipinski definition) is 3. The summed E-state index contributed by atoms with van der Waals surface area (Å²) in [7, 11) is 0. The van der Waals surface area contributed by atoms with E-state index in [1.165, 1.54) is 37.2 Å². The molecule has 1 atom stereocenters. The molecular weight excluding hydrogens is 262 g/mol. The van der Waals surface area contributed by atoms with Crippen molar-refractivity contribution < 1.29 is 0 Å². The number of piperidine rings is 1. The maximum Gasteiger partial charge on any atom is 0.0534 e. The summed E-state index contributed by atoms with van der Waals surface area (Å²) < 4.78 is 2.06. The average molecular weight is 287 g/mol. The summed E-state index contributed by atoms with van der Waals surface area (Å²) in [4.78, 5) is 2.57.